The summed E-state index contributed by atoms with van der Waals surface area (Å²) < 4.78 is 25.7. The molecule has 0 saturated carbocycles. The van der Waals surface area contributed by atoms with Crippen LogP contribution >= 0.6 is 0 Å². The average molecular weight is 256 g/mol. The van der Waals surface area contributed by atoms with Crippen LogP contribution in [0.4, 0.5) is 0 Å². The zero-order valence-electron chi connectivity index (χ0n) is 10.7. The fourth-order valence-corrected chi connectivity index (χ4v) is 2.22. The maximum atomic E-state index is 11.7. The Labute approximate surface area is 103 Å². The zero-order chi connectivity index (χ0) is 13.1. The lowest BCUT2D eigenvalue weighted by molar-refractivity contribution is 0.582. The average Bonchev–Trinajstić information content (AvgIpc) is 2.27. The van der Waals surface area contributed by atoms with Crippen molar-refractivity contribution in [2.75, 3.05) is 7.05 Å². The summed E-state index contributed by atoms with van der Waals surface area (Å²) in [4.78, 5) is 0.311. The molecule has 4 nitrogen and oxygen atoms in total. The normalized spacial score (nSPS) is 12.1. The summed E-state index contributed by atoms with van der Waals surface area (Å²) >= 11 is 0. The van der Waals surface area contributed by atoms with Crippen molar-refractivity contribution in [3.8, 4) is 0 Å². The maximum absolute atomic E-state index is 11.7. The maximum Gasteiger partial charge on any atom is 0.240 e. The van der Waals surface area contributed by atoms with Gasteiger partial charge in [0.25, 0.3) is 0 Å². The molecular formula is C12H20N2O2S. The molecule has 0 aliphatic rings. The van der Waals surface area contributed by atoms with Gasteiger partial charge in [0.05, 0.1) is 4.90 Å². The van der Waals surface area contributed by atoms with Crippen LogP contribution in [0.25, 0.3) is 0 Å². The predicted molar refractivity (Wildman–Crippen MR) is 69.4 cm³/mol. The molecule has 0 aliphatic heterocycles. The summed E-state index contributed by atoms with van der Waals surface area (Å²) in [5, 5.41) is 3.28. The van der Waals surface area contributed by atoms with E-state index < -0.39 is 10.0 Å². The second kappa shape index (κ2) is 5.62. The minimum Gasteiger partial charge on any atom is -0.310 e. The first kappa shape index (κ1) is 14.2. The quantitative estimate of drug-likeness (QED) is 0.837. The van der Waals surface area contributed by atoms with E-state index in [2.05, 4.69) is 23.9 Å². The van der Waals surface area contributed by atoms with Crippen LogP contribution < -0.4 is 10.0 Å². The SMILES string of the molecule is CNS(=O)(=O)c1ccc(C)c(CNC(C)C)c1. The van der Waals surface area contributed by atoms with E-state index in [1.165, 1.54) is 7.05 Å². The summed E-state index contributed by atoms with van der Waals surface area (Å²) in [7, 11) is -1.94. The van der Waals surface area contributed by atoms with E-state index in [9.17, 15) is 8.42 Å². The highest BCUT2D eigenvalue weighted by Crippen LogP contribution is 2.15. The minimum atomic E-state index is -3.35. The van der Waals surface area contributed by atoms with Gasteiger partial charge in [0.1, 0.15) is 0 Å². The second-order valence-corrected chi connectivity index (χ2v) is 6.22. The Hall–Kier alpha value is -0.910. The van der Waals surface area contributed by atoms with Crippen molar-refractivity contribution in [3.05, 3.63) is 29.3 Å². The van der Waals surface area contributed by atoms with Crippen LogP contribution in [-0.4, -0.2) is 21.5 Å². The van der Waals surface area contributed by atoms with E-state index >= 15 is 0 Å². The van der Waals surface area contributed by atoms with Crippen molar-refractivity contribution < 1.29 is 8.42 Å². The Balaban J connectivity index is 3.03. The zero-order valence-corrected chi connectivity index (χ0v) is 11.6. The smallest absolute Gasteiger partial charge is 0.240 e. The molecule has 0 amide bonds. The number of rotatable bonds is 5. The fourth-order valence-electron chi connectivity index (χ4n) is 1.44. The van der Waals surface area contributed by atoms with Crippen LogP contribution in [0.1, 0.15) is 25.0 Å². The third-order valence-electron chi connectivity index (χ3n) is 2.60. The van der Waals surface area contributed by atoms with Crippen LogP contribution in [-0.2, 0) is 16.6 Å². The first-order chi connectivity index (χ1) is 7.86. The van der Waals surface area contributed by atoms with Crippen LogP contribution in [0, 0.1) is 6.92 Å². The van der Waals surface area contributed by atoms with Gasteiger partial charge in [-0.2, -0.15) is 0 Å². The molecule has 2 N–H and O–H groups in total. The number of benzene rings is 1. The Morgan fingerprint density at radius 3 is 2.47 bits per heavy atom. The molecule has 0 fully saturated rings. The summed E-state index contributed by atoms with van der Waals surface area (Å²) in [5.41, 5.74) is 2.10. The van der Waals surface area contributed by atoms with Gasteiger partial charge in [-0.25, -0.2) is 13.1 Å². The van der Waals surface area contributed by atoms with Crippen molar-refractivity contribution in [3.63, 3.8) is 0 Å². The molecule has 1 rings (SSSR count). The second-order valence-electron chi connectivity index (χ2n) is 4.33. The minimum absolute atomic E-state index is 0.311. The van der Waals surface area contributed by atoms with Gasteiger partial charge in [0.15, 0.2) is 0 Å². The molecule has 0 bridgehead atoms. The highest BCUT2D eigenvalue weighted by atomic mass is 32.2. The van der Waals surface area contributed by atoms with Crippen LogP contribution in [0.3, 0.4) is 0 Å². The number of nitrogens with one attached hydrogen (secondary N) is 2. The van der Waals surface area contributed by atoms with E-state index in [4.69, 9.17) is 0 Å². The van der Waals surface area contributed by atoms with Crippen LogP contribution in [0.5, 0.6) is 0 Å². The van der Waals surface area contributed by atoms with Crippen molar-refractivity contribution in [2.24, 2.45) is 0 Å². The van der Waals surface area contributed by atoms with Gasteiger partial charge in [-0.3, -0.25) is 0 Å². The molecule has 1 aromatic carbocycles. The lowest BCUT2D eigenvalue weighted by atomic mass is 10.1. The van der Waals surface area contributed by atoms with Gasteiger partial charge in [0, 0.05) is 12.6 Å². The Morgan fingerprint density at radius 2 is 1.94 bits per heavy atom. The van der Waals surface area contributed by atoms with Crippen molar-refractivity contribution >= 4 is 10.0 Å². The molecule has 17 heavy (non-hydrogen) atoms. The van der Waals surface area contributed by atoms with E-state index in [1.54, 1.807) is 12.1 Å². The molecule has 0 atom stereocenters. The molecule has 0 spiro atoms. The molecule has 0 aromatic heterocycles. The number of aryl methyl sites for hydroxylation is 1. The standard InChI is InChI=1S/C12H20N2O2S/c1-9(2)14-8-11-7-12(6-5-10(11)3)17(15,16)13-4/h5-7,9,13-14H,8H2,1-4H3. The van der Waals surface area contributed by atoms with Crippen molar-refractivity contribution in [1.82, 2.24) is 10.0 Å². The summed E-state index contributed by atoms with van der Waals surface area (Å²) in [6.45, 7) is 6.77. The Bertz CT molecular complexity index is 481. The van der Waals surface area contributed by atoms with Gasteiger partial charge in [0.2, 0.25) is 10.0 Å². The van der Waals surface area contributed by atoms with E-state index in [-0.39, 0.29) is 0 Å². The van der Waals surface area contributed by atoms with E-state index in [1.807, 2.05) is 13.0 Å². The lowest BCUT2D eigenvalue weighted by Gasteiger charge is -2.12. The van der Waals surface area contributed by atoms with Gasteiger partial charge in [-0.1, -0.05) is 19.9 Å². The monoisotopic (exact) mass is 256 g/mol. The molecule has 5 heteroatoms. The van der Waals surface area contributed by atoms with Crippen LogP contribution in [0.15, 0.2) is 23.1 Å². The molecule has 0 radical (unpaired) electrons. The number of hydrogen-bond donors (Lipinski definition) is 2. The number of sulfonamides is 1. The highest BCUT2D eigenvalue weighted by molar-refractivity contribution is 7.89. The van der Waals surface area contributed by atoms with Gasteiger partial charge in [-0.15, -0.1) is 0 Å². The Kier molecular flexibility index (Phi) is 4.68. The van der Waals surface area contributed by atoms with Crippen molar-refractivity contribution in [2.45, 2.75) is 38.3 Å². The molecule has 0 heterocycles. The largest absolute Gasteiger partial charge is 0.310 e. The third kappa shape index (κ3) is 3.80. The molecular weight excluding hydrogens is 236 g/mol. The summed E-state index contributed by atoms with van der Waals surface area (Å²) in [5.74, 6) is 0. The molecule has 0 unspecified atom stereocenters. The van der Waals surface area contributed by atoms with E-state index in [0.29, 0.717) is 17.5 Å². The lowest BCUT2D eigenvalue weighted by Crippen LogP contribution is -2.23. The molecule has 96 valence electrons. The molecule has 0 saturated heterocycles. The third-order valence-corrected chi connectivity index (χ3v) is 4.01. The molecule has 0 aliphatic carbocycles. The predicted octanol–water partition coefficient (Wildman–Crippen LogP) is 1.40. The highest BCUT2D eigenvalue weighted by Gasteiger charge is 2.12. The number of hydrogen-bond acceptors (Lipinski definition) is 3. The Morgan fingerprint density at radius 1 is 1.29 bits per heavy atom. The van der Waals surface area contributed by atoms with Gasteiger partial charge < -0.3 is 5.32 Å². The fraction of sp³-hybridized carbons (Fsp3) is 0.500. The molecule has 1 aromatic rings. The van der Waals surface area contributed by atoms with E-state index in [0.717, 1.165) is 11.1 Å². The first-order valence-corrected chi connectivity index (χ1v) is 7.11. The topological polar surface area (TPSA) is 58.2 Å². The van der Waals surface area contributed by atoms with Crippen molar-refractivity contribution in [1.29, 1.82) is 0 Å². The summed E-state index contributed by atoms with van der Waals surface area (Å²) in [6.07, 6.45) is 0. The van der Waals surface area contributed by atoms with Crippen LogP contribution in [0.2, 0.25) is 0 Å². The van der Waals surface area contributed by atoms with Gasteiger partial charge in [-0.05, 0) is 37.2 Å². The summed E-state index contributed by atoms with van der Waals surface area (Å²) in [6, 6.07) is 5.55. The van der Waals surface area contributed by atoms with Gasteiger partial charge >= 0.3 is 0 Å². The first-order valence-electron chi connectivity index (χ1n) is 5.63.